The van der Waals surface area contributed by atoms with Gasteiger partial charge in [-0.15, -0.1) is 0 Å². The molecule has 4 aliphatic rings. The molecule has 3 heteroatoms. The Morgan fingerprint density at radius 1 is 0.714 bits per heavy atom. The largest absolute Gasteiger partial charge is 0.475 e. The van der Waals surface area contributed by atoms with Gasteiger partial charge in [-0.05, 0) is 75.7 Å². The van der Waals surface area contributed by atoms with Crippen molar-refractivity contribution in [1.29, 1.82) is 0 Å². The minimum Gasteiger partial charge on any atom is -0.475 e. The molecule has 4 fully saturated rings. The van der Waals surface area contributed by atoms with E-state index >= 15 is 0 Å². The first-order valence-electron chi connectivity index (χ1n) is 13.7. The highest BCUT2D eigenvalue weighted by atomic mass is 16.5. The Hall–Kier alpha value is -1.77. The van der Waals surface area contributed by atoms with Crippen LogP contribution in [0.4, 0.5) is 0 Å². The van der Waals surface area contributed by atoms with Gasteiger partial charge in [0.05, 0.1) is 17.5 Å². The maximum absolute atomic E-state index is 6.28. The molecule has 3 nitrogen and oxygen atoms in total. The highest BCUT2D eigenvalue weighted by Gasteiger charge is 3.02. The lowest BCUT2D eigenvalue weighted by molar-refractivity contribution is -0.100. The van der Waals surface area contributed by atoms with Crippen molar-refractivity contribution in [1.82, 2.24) is 9.78 Å². The third kappa shape index (κ3) is 2.00. The van der Waals surface area contributed by atoms with Gasteiger partial charge in [0.25, 0.3) is 0 Å². The van der Waals surface area contributed by atoms with E-state index in [1.807, 2.05) is 4.68 Å². The van der Waals surface area contributed by atoms with Gasteiger partial charge in [-0.2, -0.15) is 5.10 Å². The van der Waals surface area contributed by atoms with Crippen molar-refractivity contribution in [2.45, 2.75) is 103 Å². The summed E-state index contributed by atoms with van der Waals surface area (Å²) in [5.74, 6) is 0.840. The van der Waals surface area contributed by atoms with Crippen LogP contribution < -0.4 is 4.74 Å². The molecule has 1 heterocycles. The van der Waals surface area contributed by atoms with Gasteiger partial charge in [-0.25, -0.2) is 4.68 Å². The molecule has 0 spiro atoms. The summed E-state index contributed by atoms with van der Waals surface area (Å²) in [6.45, 7) is 32.8. The van der Waals surface area contributed by atoms with Crippen LogP contribution in [0.1, 0.15) is 95.7 Å². The first kappa shape index (κ1) is 24.9. The van der Waals surface area contributed by atoms with E-state index < -0.39 is 0 Å². The molecule has 0 aliphatic heterocycles. The Kier molecular flexibility index (Phi) is 4.53. The lowest BCUT2D eigenvalue weighted by Crippen LogP contribution is -2.53. The quantitative estimate of drug-likeness (QED) is 0.433. The number of nitrogens with zero attached hydrogens (tertiary/aromatic N) is 2. The number of hydrogen-bond acceptors (Lipinski definition) is 2. The lowest BCUT2D eigenvalue weighted by Gasteiger charge is -2.57. The van der Waals surface area contributed by atoms with Crippen molar-refractivity contribution < 1.29 is 4.74 Å². The second kappa shape index (κ2) is 6.37. The Labute approximate surface area is 214 Å². The number of para-hydroxylation sites is 1. The first-order valence-corrected chi connectivity index (χ1v) is 13.7. The van der Waals surface area contributed by atoms with Gasteiger partial charge in [0.15, 0.2) is 0 Å². The smallest absolute Gasteiger partial charge is 0.217 e. The van der Waals surface area contributed by atoms with E-state index in [1.54, 1.807) is 0 Å². The van der Waals surface area contributed by atoms with E-state index in [1.165, 1.54) is 0 Å². The van der Waals surface area contributed by atoms with Gasteiger partial charge >= 0.3 is 0 Å². The molecule has 6 rings (SSSR count). The number of ether oxygens (including phenoxy) is 1. The van der Waals surface area contributed by atoms with E-state index in [-0.39, 0.29) is 49.4 Å². The molecule has 4 unspecified atom stereocenters. The van der Waals surface area contributed by atoms with Gasteiger partial charge in [0.1, 0.15) is 0 Å². The van der Waals surface area contributed by atoms with E-state index in [0.717, 1.165) is 23.7 Å². The summed E-state index contributed by atoms with van der Waals surface area (Å²) in [5, 5.41) is 5.21. The number of aromatic nitrogens is 2. The average Bonchev–Trinajstić information content (AvgIpc) is 3.25. The van der Waals surface area contributed by atoms with Crippen molar-refractivity contribution in [3.8, 4) is 11.6 Å². The third-order valence-corrected chi connectivity index (χ3v) is 14.3. The van der Waals surface area contributed by atoms with Gasteiger partial charge in [-0.1, -0.05) is 94.4 Å². The zero-order chi connectivity index (χ0) is 26.3. The summed E-state index contributed by atoms with van der Waals surface area (Å²) in [6, 6.07) is 12.6. The van der Waals surface area contributed by atoms with Crippen molar-refractivity contribution in [2.75, 3.05) is 0 Å². The second-order valence-electron chi connectivity index (χ2n) is 14.8. The normalized spacial score (nSPS) is 41.8. The van der Waals surface area contributed by atoms with E-state index in [9.17, 15) is 0 Å². The predicted octanol–water partition coefficient (Wildman–Crippen LogP) is 8.35. The highest BCUT2D eigenvalue weighted by Crippen LogP contribution is 3.06. The van der Waals surface area contributed by atoms with Crippen LogP contribution in [0.5, 0.6) is 5.88 Å². The summed E-state index contributed by atoms with van der Waals surface area (Å²) < 4.78 is 8.29. The Balaban J connectivity index is 1.70. The molecule has 4 bridgehead atoms. The van der Waals surface area contributed by atoms with E-state index in [2.05, 4.69) is 126 Å². The monoisotopic (exact) mass is 476 g/mol. The van der Waals surface area contributed by atoms with Crippen LogP contribution in [0, 0.1) is 43.3 Å². The first-order chi connectivity index (χ1) is 15.8. The van der Waals surface area contributed by atoms with Crippen LogP contribution in [-0.2, 0) is 6.42 Å². The molecule has 4 atom stereocenters. The van der Waals surface area contributed by atoms with Crippen molar-refractivity contribution >= 4 is 0 Å². The van der Waals surface area contributed by atoms with Crippen LogP contribution >= 0.6 is 0 Å². The SMILES string of the molecule is CC(C)Oc1cc(CC2(C)C3(C)C(C)(C)C4(C)C(C)(C)C3(C)C(C)(C)C24C)nn1-c1ccccc1. The molecule has 0 N–H and O–H groups in total. The fourth-order valence-corrected chi connectivity index (χ4v) is 12.1. The summed E-state index contributed by atoms with van der Waals surface area (Å²) in [5.41, 5.74) is 3.54. The summed E-state index contributed by atoms with van der Waals surface area (Å²) >= 11 is 0. The standard InChI is InChI=1S/C32H48N2O/c1-21(2)35-24-19-22(33-34(24)23-17-15-14-16-18-23)20-28(9)31(12)26(5,6)29(10)25(3,4)30(31,11)27(7,8)32(28,29)13/h14-19,21H,20H2,1-13H3. The van der Waals surface area contributed by atoms with Crippen LogP contribution in [0.2, 0.25) is 0 Å². The average molecular weight is 477 g/mol. The minimum atomic E-state index is 0.0803. The Bertz CT molecular complexity index is 1150. The number of rotatable bonds is 5. The second-order valence-corrected chi connectivity index (χ2v) is 14.8. The molecule has 35 heavy (non-hydrogen) atoms. The zero-order valence-electron chi connectivity index (χ0n) is 24.6. The topological polar surface area (TPSA) is 27.1 Å². The molecular formula is C32H48N2O. The minimum absolute atomic E-state index is 0.0803. The number of benzene rings is 1. The molecule has 4 aliphatic carbocycles. The van der Waals surface area contributed by atoms with Gasteiger partial charge in [0, 0.05) is 6.07 Å². The molecule has 0 saturated heterocycles. The molecule has 0 radical (unpaired) electrons. The van der Waals surface area contributed by atoms with Crippen molar-refractivity contribution in [3.05, 3.63) is 42.1 Å². The fraction of sp³-hybridized carbons (Fsp3) is 0.719. The Morgan fingerprint density at radius 3 is 1.63 bits per heavy atom. The molecular weight excluding hydrogens is 428 g/mol. The van der Waals surface area contributed by atoms with Crippen LogP contribution in [0.15, 0.2) is 36.4 Å². The van der Waals surface area contributed by atoms with Crippen LogP contribution in [0.25, 0.3) is 5.69 Å². The van der Waals surface area contributed by atoms with Crippen molar-refractivity contribution in [3.63, 3.8) is 0 Å². The van der Waals surface area contributed by atoms with E-state index in [4.69, 9.17) is 9.84 Å². The summed E-state index contributed by atoms with van der Waals surface area (Å²) in [4.78, 5) is 0. The third-order valence-electron chi connectivity index (χ3n) is 14.3. The van der Waals surface area contributed by atoms with Gasteiger partial charge in [0.2, 0.25) is 5.88 Å². The maximum Gasteiger partial charge on any atom is 0.217 e. The molecule has 4 saturated carbocycles. The predicted molar refractivity (Wildman–Crippen MR) is 145 cm³/mol. The Morgan fingerprint density at radius 2 is 1.17 bits per heavy atom. The summed E-state index contributed by atoms with van der Waals surface area (Å²) in [7, 11) is 0. The molecule has 192 valence electrons. The molecule has 0 amide bonds. The number of hydrogen-bond donors (Lipinski definition) is 0. The van der Waals surface area contributed by atoms with Gasteiger partial charge < -0.3 is 4.74 Å². The molecule has 2 aromatic rings. The maximum atomic E-state index is 6.28. The lowest BCUT2D eigenvalue weighted by atomic mass is 9.46. The van der Waals surface area contributed by atoms with Crippen LogP contribution in [-0.4, -0.2) is 15.9 Å². The molecule has 1 aromatic heterocycles. The van der Waals surface area contributed by atoms with Crippen molar-refractivity contribution in [2.24, 2.45) is 43.3 Å². The van der Waals surface area contributed by atoms with Crippen LogP contribution in [0.3, 0.4) is 0 Å². The summed E-state index contributed by atoms with van der Waals surface area (Å²) in [6.07, 6.45) is 1.06. The highest BCUT2D eigenvalue weighted by molar-refractivity contribution is 5.50. The molecule has 1 aromatic carbocycles. The van der Waals surface area contributed by atoms with Gasteiger partial charge in [-0.3, -0.25) is 0 Å². The van der Waals surface area contributed by atoms with E-state index in [0.29, 0.717) is 0 Å². The zero-order valence-corrected chi connectivity index (χ0v) is 24.6. The fourth-order valence-electron chi connectivity index (χ4n) is 12.1.